The molecule has 0 aliphatic heterocycles. The van der Waals surface area contributed by atoms with Gasteiger partial charge >= 0.3 is 0 Å². The summed E-state index contributed by atoms with van der Waals surface area (Å²) in [7, 11) is 0. The monoisotopic (exact) mass is 599 g/mol. The fourth-order valence-corrected chi connectivity index (χ4v) is 5.49. The van der Waals surface area contributed by atoms with Gasteiger partial charge in [-0.3, -0.25) is 4.79 Å². The molecule has 1 aromatic heterocycles. The van der Waals surface area contributed by atoms with Gasteiger partial charge < -0.3 is 9.47 Å². The van der Waals surface area contributed by atoms with Gasteiger partial charge in [-0.1, -0.05) is 65.5 Å². The fourth-order valence-electron chi connectivity index (χ4n) is 5.23. The van der Waals surface area contributed by atoms with Crippen LogP contribution >= 0.6 is 15.9 Å². The zero-order chi connectivity index (χ0) is 27.9. The number of para-hydroxylation sites is 1. The Morgan fingerprint density at radius 2 is 1.85 bits per heavy atom. The van der Waals surface area contributed by atoms with Crippen LogP contribution in [0.1, 0.15) is 67.5 Å². The van der Waals surface area contributed by atoms with Crippen molar-refractivity contribution in [3.8, 4) is 11.5 Å². The van der Waals surface area contributed by atoms with Gasteiger partial charge in [-0.25, -0.2) is 4.98 Å². The maximum Gasteiger partial charge on any atom is 0.282 e. The van der Waals surface area contributed by atoms with E-state index in [2.05, 4.69) is 22.5 Å². The molecule has 0 radical (unpaired) electrons. The summed E-state index contributed by atoms with van der Waals surface area (Å²) in [5.74, 6) is 2.28. The minimum absolute atomic E-state index is 0.145. The van der Waals surface area contributed by atoms with Crippen molar-refractivity contribution < 1.29 is 9.47 Å². The Bertz CT molecular complexity index is 1570. The first-order chi connectivity index (χ1) is 19.6. The van der Waals surface area contributed by atoms with E-state index in [4.69, 9.17) is 19.6 Å². The summed E-state index contributed by atoms with van der Waals surface area (Å²) in [6, 6.07) is 19.5. The number of benzene rings is 3. The van der Waals surface area contributed by atoms with E-state index in [-0.39, 0.29) is 11.5 Å². The van der Waals surface area contributed by atoms with E-state index in [0.717, 1.165) is 58.2 Å². The number of nitrogens with zero attached hydrogens (tertiary/aromatic N) is 3. The quantitative estimate of drug-likeness (QED) is 0.138. The second kappa shape index (κ2) is 13.1. The number of hydrogen-bond acceptors (Lipinski definition) is 5. The molecule has 0 amide bonds. The van der Waals surface area contributed by atoms with Crippen LogP contribution in [0, 0.1) is 0 Å². The van der Waals surface area contributed by atoms with Crippen molar-refractivity contribution in [1.29, 1.82) is 0 Å². The van der Waals surface area contributed by atoms with E-state index < -0.39 is 0 Å². The van der Waals surface area contributed by atoms with Crippen LogP contribution in [0.4, 0.5) is 0 Å². The molecule has 0 atom stereocenters. The molecule has 1 heterocycles. The van der Waals surface area contributed by atoms with Crippen LogP contribution in [0.15, 0.2) is 87.7 Å². The molecule has 1 aliphatic rings. The number of hydrogen-bond donors (Lipinski definition) is 0. The van der Waals surface area contributed by atoms with E-state index in [0.29, 0.717) is 36.5 Å². The van der Waals surface area contributed by atoms with Gasteiger partial charge in [0.15, 0.2) is 11.5 Å². The molecule has 0 saturated heterocycles. The molecule has 0 bridgehead atoms. The van der Waals surface area contributed by atoms with Crippen molar-refractivity contribution in [3.05, 3.63) is 111 Å². The summed E-state index contributed by atoms with van der Waals surface area (Å²) < 4.78 is 14.8. The summed E-state index contributed by atoms with van der Waals surface area (Å²) in [5, 5.41) is 5.29. The molecule has 1 saturated carbocycles. The Kier molecular flexibility index (Phi) is 9.12. The molecule has 4 aromatic rings. The molecule has 1 aliphatic carbocycles. The molecule has 0 spiro atoms. The van der Waals surface area contributed by atoms with Crippen molar-refractivity contribution >= 4 is 33.0 Å². The predicted molar refractivity (Wildman–Crippen MR) is 165 cm³/mol. The third kappa shape index (κ3) is 6.36. The lowest BCUT2D eigenvalue weighted by atomic mass is 9.88. The Labute approximate surface area is 243 Å². The number of halogens is 1. The maximum atomic E-state index is 13.6. The molecule has 0 unspecified atom stereocenters. The summed E-state index contributed by atoms with van der Waals surface area (Å²) >= 11 is 3.48. The third-order valence-electron chi connectivity index (χ3n) is 7.19. The SMILES string of the molecule is C=CCc1cc(C=Nn2c(C3CCCCC3)nc3ccccc3c2=O)cc(OCC)c1OCc1ccc(Br)cc1. The van der Waals surface area contributed by atoms with Gasteiger partial charge in [0.25, 0.3) is 5.56 Å². The van der Waals surface area contributed by atoms with Gasteiger partial charge in [0, 0.05) is 16.0 Å². The van der Waals surface area contributed by atoms with Crippen LogP contribution in [-0.2, 0) is 13.0 Å². The minimum atomic E-state index is -0.145. The fraction of sp³-hybridized carbons (Fsp3) is 0.303. The van der Waals surface area contributed by atoms with Crippen LogP contribution < -0.4 is 15.0 Å². The van der Waals surface area contributed by atoms with Gasteiger partial charge in [0.1, 0.15) is 12.4 Å². The molecule has 1 fully saturated rings. The minimum Gasteiger partial charge on any atom is -0.490 e. The Morgan fingerprint density at radius 3 is 2.60 bits per heavy atom. The van der Waals surface area contributed by atoms with Gasteiger partial charge in [-0.15, -0.1) is 6.58 Å². The summed E-state index contributed by atoms with van der Waals surface area (Å²) in [6.07, 6.45) is 9.70. The lowest BCUT2D eigenvalue weighted by Crippen LogP contribution is -2.25. The molecule has 206 valence electrons. The van der Waals surface area contributed by atoms with Crippen LogP contribution in [0.2, 0.25) is 0 Å². The number of rotatable bonds is 10. The number of aromatic nitrogens is 2. The van der Waals surface area contributed by atoms with Crippen molar-refractivity contribution in [1.82, 2.24) is 9.66 Å². The first kappa shape index (κ1) is 27.8. The highest BCUT2D eigenvalue weighted by Gasteiger charge is 2.22. The second-order valence-corrected chi connectivity index (χ2v) is 10.9. The van der Waals surface area contributed by atoms with Gasteiger partial charge in [-0.2, -0.15) is 9.78 Å². The highest BCUT2D eigenvalue weighted by atomic mass is 79.9. The zero-order valence-electron chi connectivity index (χ0n) is 22.8. The molecule has 0 N–H and O–H groups in total. The van der Waals surface area contributed by atoms with Gasteiger partial charge in [0.2, 0.25) is 0 Å². The molecule has 6 nitrogen and oxygen atoms in total. The number of fused-ring (bicyclic) bond motifs is 1. The largest absolute Gasteiger partial charge is 0.490 e. The van der Waals surface area contributed by atoms with Crippen molar-refractivity contribution in [2.45, 2.75) is 58.0 Å². The Balaban J connectivity index is 1.53. The summed E-state index contributed by atoms with van der Waals surface area (Å²) in [6.45, 7) is 6.79. The average molecular weight is 601 g/mol. The standard InChI is InChI=1S/C33H34BrN3O3/c1-3-10-26-19-24(20-30(39-4-2)31(26)40-22-23-15-17-27(34)18-16-23)21-35-37-32(25-11-6-5-7-12-25)36-29-14-9-8-13-28(29)33(37)38/h3,8-9,13-21,25H,1,4-7,10-12,22H2,2H3. The first-order valence-electron chi connectivity index (χ1n) is 13.9. The lowest BCUT2D eigenvalue weighted by molar-refractivity contribution is 0.267. The van der Waals surface area contributed by atoms with Crippen molar-refractivity contribution in [3.63, 3.8) is 0 Å². The Morgan fingerprint density at radius 1 is 1.07 bits per heavy atom. The normalized spacial score (nSPS) is 14.1. The van der Waals surface area contributed by atoms with Crippen LogP contribution in [0.5, 0.6) is 11.5 Å². The average Bonchev–Trinajstić information content (AvgIpc) is 2.98. The molecule has 5 rings (SSSR count). The summed E-state index contributed by atoms with van der Waals surface area (Å²) in [4.78, 5) is 18.5. The number of ether oxygens (including phenoxy) is 2. The molecular weight excluding hydrogens is 566 g/mol. The van der Waals surface area contributed by atoms with E-state index in [1.807, 2.05) is 73.7 Å². The Hall–Kier alpha value is -3.71. The van der Waals surface area contributed by atoms with Crippen LogP contribution in [0.25, 0.3) is 10.9 Å². The van der Waals surface area contributed by atoms with Crippen LogP contribution in [0.3, 0.4) is 0 Å². The van der Waals surface area contributed by atoms with Gasteiger partial charge in [0.05, 0.1) is 23.7 Å². The summed E-state index contributed by atoms with van der Waals surface area (Å²) in [5.41, 5.74) is 3.38. The van der Waals surface area contributed by atoms with Crippen molar-refractivity contribution in [2.24, 2.45) is 5.10 Å². The highest BCUT2D eigenvalue weighted by molar-refractivity contribution is 9.10. The number of allylic oxidation sites excluding steroid dienone is 1. The highest BCUT2D eigenvalue weighted by Crippen LogP contribution is 2.35. The first-order valence-corrected chi connectivity index (χ1v) is 14.7. The molecule has 3 aromatic carbocycles. The van der Waals surface area contributed by atoms with E-state index in [1.165, 1.54) is 11.1 Å². The second-order valence-electron chi connectivity index (χ2n) is 10.0. The lowest BCUT2D eigenvalue weighted by Gasteiger charge is -2.22. The molecule has 7 heteroatoms. The van der Waals surface area contributed by atoms with Crippen LogP contribution in [-0.4, -0.2) is 22.5 Å². The van der Waals surface area contributed by atoms with E-state index in [9.17, 15) is 4.79 Å². The predicted octanol–water partition coefficient (Wildman–Crippen LogP) is 7.80. The van der Waals surface area contributed by atoms with Crippen molar-refractivity contribution in [2.75, 3.05) is 6.61 Å². The maximum absolute atomic E-state index is 13.6. The molecule has 40 heavy (non-hydrogen) atoms. The smallest absolute Gasteiger partial charge is 0.282 e. The zero-order valence-corrected chi connectivity index (χ0v) is 24.4. The topological polar surface area (TPSA) is 65.7 Å². The van der Waals surface area contributed by atoms with E-state index >= 15 is 0 Å². The third-order valence-corrected chi connectivity index (χ3v) is 7.71. The molecular formula is C33H34BrN3O3. The van der Waals surface area contributed by atoms with E-state index in [1.54, 1.807) is 6.21 Å². The van der Waals surface area contributed by atoms with Gasteiger partial charge in [-0.05, 0) is 73.7 Å².